The number of hydrogen-bond donors (Lipinski definition) is 1. The summed E-state index contributed by atoms with van der Waals surface area (Å²) in [5, 5.41) is 0. The number of benzene rings is 1. The van der Waals surface area contributed by atoms with Crippen molar-refractivity contribution in [2.75, 3.05) is 6.54 Å². The van der Waals surface area contributed by atoms with Crippen LogP contribution in [-0.4, -0.2) is 29.2 Å². The van der Waals surface area contributed by atoms with E-state index in [0.717, 1.165) is 12.0 Å². The third-order valence-corrected chi connectivity index (χ3v) is 3.21. The highest BCUT2D eigenvalue weighted by molar-refractivity contribution is 5.69. The lowest BCUT2D eigenvalue weighted by molar-refractivity contribution is 0.0218. The zero-order valence-electron chi connectivity index (χ0n) is 11.8. The van der Waals surface area contributed by atoms with Crippen molar-refractivity contribution >= 4 is 6.09 Å². The van der Waals surface area contributed by atoms with E-state index in [1.54, 1.807) is 4.90 Å². The first-order chi connectivity index (χ1) is 8.88. The molecule has 0 aromatic heterocycles. The van der Waals surface area contributed by atoms with Crippen LogP contribution in [0.1, 0.15) is 38.8 Å². The van der Waals surface area contributed by atoms with Gasteiger partial charge in [0.2, 0.25) is 0 Å². The van der Waals surface area contributed by atoms with Crippen LogP contribution in [-0.2, 0) is 4.74 Å². The van der Waals surface area contributed by atoms with Crippen LogP contribution >= 0.6 is 0 Å². The molecule has 0 spiro atoms. The van der Waals surface area contributed by atoms with Crippen LogP contribution in [0.15, 0.2) is 30.3 Å². The second-order valence-electron chi connectivity index (χ2n) is 5.98. The highest BCUT2D eigenvalue weighted by atomic mass is 16.6. The molecule has 1 aliphatic heterocycles. The van der Waals surface area contributed by atoms with Crippen molar-refractivity contribution in [3.63, 3.8) is 0 Å². The minimum absolute atomic E-state index is 0.0325. The van der Waals surface area contributed by atoms with Crippen LogP contribution in [0.25, 0.3) is 0 Å². The Kier molecular flexibility index (Phi) is 3.80. The van der Waals surface area contributed by atoms with Gasteiger partial charge in [0.1, 0.15) is 5.60 Å². The van der Waals surface area contributed by atoms with E-state index in [4.69, 9.17) is 10.5 Å². The van der Waals surface area contributed by atoms with Crippen molar-refractivity contribution in [1.29, 1.82) is 0 Å². The van der Waals surface area contributed by atoms with Crippen molar-refractivity contribution < 1.29 is 9.53 Å². The number of carbonyl (C=O) groups excluding carboxylic acids is 1. The monoisotopic (exact) mass is 262 g/mol. The maximum atomic E-state index is 12.2. The molecule has 0 radical (unpaired) electrons. The predicted molar refractivity (Wildman–Crippen MR) is 74.7 cm³/mol. The largest absolute Gasteiger partial charge is 0.444 e. The third kappa shape index (κ3) is 3.26. The summed E-state index contributed by atoms with van der Waals surface area (Å²) in [4.78, 5) is 14.0. The summed E-state index contributed by atoms with van der Waals surface area (Å²) < 4.78 is 5.45. The molecule has 0 bridgehead atoms. The molecular formula is C15H22N2O2. The van der Waals surface area contributed by atoms with E-state index in [2.05, 4.69) is 0 Å². The fourth-order valence-corrected chi connectivity index (χ4v) is 2.42. The second kappa shape index (κ2) is 5.21. The van der Waals surface area contributed by atoms with E-state index < -0.39 is 5.60 Å². The Bertz CT molecular complexity index is 439. The lowest BCUT2D eigenvalue weighted by atomic mass is 10.0. The van der Waals surface area contributed by atoms with Crippen molar-refractivity contribution in [3.8, 4) is 0 Å². The van der Waals surface area contributed by atoms with Gasteiger partial charge >= 0.3 is 6.09 Å². The normalized spacial score (nSPS) is 23.5. The lowest BCUT2D eigenvalue weighted by Crippen LogP contribution is -2.39. The summed E-state index contributed by atoms with van der Waals surface area (Å²) in [5.41, 5.74) is 6.74. The molecule has 0 saturated carbocycles. The second-order valence-corrected chi connectivity index (χ2v) is 5.98. The summed E-state index contributed by atoms with van der Waals surface area (Å²) in [5.74, 6) is 0. The van der Waals surface area contributed by atoms with Crippen LogP contribution in [0.3, 0.4) is 0 Å². The van der Waals surface area contributed by atoms with Crippen molar-refractivity contribution in [2.24, 2.45) is 5.73 Å². The van der Waals surface area contributed by atoms with E-state index in [0.29, 0.717) is 6.54 Å². The van der Waals surface area contributed by atoms with Crippen molar-refractivity contribution in [1.82, 2.24) is 4.90 Å². The number of likely N-dealkylation sites (tertiary alicyclic amines) is 1. The summed E-state index contributed by atoms with van der Waals surface area (Å²) in [7, 11) is 0. The molecule has 1 aromatic rings. The predicted octanol–water partition coefficient (Wildman–Crippen LogP) is 2.70. The first-order valence-corrected chi connectivity index (χ1v) is 6.68. The third-order valence-electron chi connectivity index (χ3n) is 3.21. The van der Waals surface area contributed by atoms with Gasteiger partial charge in [0.15, 0.2) is 0 Å². The van der Waals surface area contributed by atoms with Gasteiger partial charge in [0.05, 0.1) is 6.04 Å². The molecular weight excluding hydrogens is 240 g/mol. The number of hydrogen-bond acceptors (Lipinski definition) is 3. The smallest absolute Gasteiger partial charge is 0.410 e. The SMILES string of the molecule is CC(C)(C)OC(=O)N1CC[C@@H](N)[C@H]1c1ccccc1. The van der Waals surface area contributed by atoms with E-state index in [9.17, 15) is 4.79 Å². The van der Waals surface area contributed by atoms with Crippen molar-refractivity contribution in [2.45, 2.75) is 44.9 Å². The average Bonchev–Trinajstić information content (AvgIpc) is 2.70. The molecule has 0 unspecified atom stereocenters. The molecule has 1 saturated heterocycles. The molecule has 1 aromatic carbocycles. The zero-order chi connectivity index (χ0) is 14.0. The molecule has 4 heteroatoms. The quantitative estimate of drug-likeness (QED) is 0.846. The Morgan fingerprint density at radius 2 is 1.95 bits per heavy atom. The Labute approximate surface area is 114 Å². The summed E-state index contributed by atoms with van der Waals surface area (Å²) in [6.07, 6.45) is 0.521. The molecule has 104 valence electrons. The van der Waals surface area contributed by atoms with Gasteiger partial charge < -0.3 is 10.5 Å². The maximum absolute atomic E-state index is 12.2. The molecule has 1 heterocycles. The number of rotatable bonds is 1. The number of amides is 1. The molecule has 1 amide bonds. The van der Waals surface area contributed by atoms with Crippen LogP contribution in [0.2, 0.25) is 0 Å². The minimum Gasteiger partial charge on any atom is -0.444 e. The first-order valence-electron chi connectivity index (χ1n) is 6.68. The number of nitrogens with two attached hydrogens (primary N) is 1. The van der Waals surface area contributed by atoms with Crippen LogP contribution in [0, 0.1) is 0 Å². The summed E-state index contributed by atoms with van der Waals surface area (Å²) in [6.45, 7) is 6.27. The van der Waals surface area contributed by atoms with E-state index in [-0.39, 0.29) is 18.2 Å². The Hall–Kier alpha value is -1.55. The Balaban J connectivity index is 2.18. The van der Waals surface area contributed by atoms with Gasteiger partial charge in [0, 0.05) is 12.6 Å². The topological polar surface area (TPSA) is 55.6 Å². The standard InChI is InChI=1S/C15H22N2O2/c1-15(2,3)19-14(18)17-10-9-12(16)13(17)11-7-5-4-6-8-11/h4-8,12-13H,9-10,16H2,1-3H3/t12-,13-/m1/s1. The number of nitrogens with zero attached hydrogens (tertiary/aromatic N) is 1. The number of ether oxygens (including phenoxy) is 1. The lowest BCUT2D eigenvalue weighted by Gasteiger charge is -2.30. The summed E-state index contributed by atoms with van der Waals surface area (Å²) >= 11 is 0. The molecule has 2 atom stereocenters. The molecule has 19 heavy (non-hydrogen) atoms. The first kappa shape index (κ1) is 13.9. The highest BCUT2D eigenvalue weighted by Crippen LogP contribution is 2.32. The zero-order valence-corrected chi connectivity index (χ0v) is 11.8. The van der Waals surface area contributed by atoms with Crippen molar-refractivity contribution in [3.05, 3.63) is 35.9 Å². The Morgan fingerprint density at radius 3 is 2.53 bits per heavy atom. The van der Waals surface area contributed by atoms with Gasteiger partial charge in [-0.05, 0) is 32.8 Å². The molecule has 0 aliphatic carbocycles. The molecule has 4 nitrogen and oxygen atoms in total. The summed E-state index contributed by atoms with van der Waals surface area (Å²) in [6, 6.07) is 9.79. The Morgan fingerprint density at radius 1 is 1.32 bits per heavy atom. The van der Waals surface area contributed by atoms with Gasteiger partial charge in [0.25, 0.3) is 0 Å². The molecule has 2 rings (SSSR count). The van der Waals surface area contributed by atoms with Crippen LogP contribution in [0.4, 0.5) is 4.79 Å². The van der Waals surface area contributed by atoms with E-state index >= 15 is 0 Å². The van der Waals surface area contributed by atoms with Gasteiger partial charge in [-0.1, -0.05) is 30.3 Å². The van der Waals surface area contributed by atoms with Crippen LogP contribution < -0.4 is 5.73 Å². The van der Waals surface area contributed by atoms with E-state index in [1.165, 1.54) is 0 Å². The molecule has 2 N–H and O–H groups in total. The van der Waals surface area contributed by atoms with E-state index in [1.807, 2.05) is 51.1 Å². The highest BCUT2D eigenvalue weighted by Gasteiger charge is 2.38. The molecule has 1 aliphatic rings. The van der Waals surface area contributed by atoms with Gasteiger partial charge in [-0.15, -0.1) is 0 Å². The fourth-order valence-electron chi connectivity index (χ4n) is 2.42. The minimum atomic E-state index is -0.481. The average molecular weight is 262 g/mol. The van der Waals surface area contributed by atoms with Gasteiger partial charge in [-0.3, -0.25) is 4.90 Å². The maximum Gasteiger partial charge on any atom is 0.410 e. The van der Waals surface area contributed by atoms with Gasteiger partial charge in [-0.25, -0.2) is 4.79 Å². The van der Waals surface area contributed by atoms with Gasteiger partial charge in [-0.2, -0.15) is 0 Å². The number of carbonyl (C=O) groups is 1. The van der Waals surface area contributed by atoms with Crippen LogP contribution in [0.5, 0.6) is 0 Å². The fraction of sp³-hybridized carbons (Fsp3) is 0.533. The molecule has 1 fully saturated rings.